The van der Waals surface area contributed by atoms with Gasteiger partial charge in [-0.1, -0.05) is 20.8 Å². The van der Waals surface area contributed by atoms with Gasteiger partial charge >= 0.3 is 0 Å². The molecule has 0 spiro atoms. The highest BCUT2D eigenvalue weighted by atomic mass is 16.2. The Morgan fingerprint density at radius 1 is 1.54 bits per heavy atom. The predicted octanol–water partition coefficient (Wildman–Crippen LogP) is 2.21. The van der Waals surface area contributed by atoms with Gasteiger partial charge in [-0.3, -0.25) is 4.79 Å². The Hall–Kier alpha value is -0.790. The maximum Gasteiger partial charge on any atom is 0.246 e. The van der Waals surface area contributed by atoms with E-state index >= 15 is 0 Å². The molecule has 1 rings (SSSR count). The van der Waals surface area contributed by atoms with Crippen LogP contribution in [0.1, 0.15) is 33.6 Å². The summed E-state index contributed by atoms with van der Waals surface area (Å²) in [6, 6.07) is 0.359. The summed E-state index contributed by atoms with van der Waals surface area (Å²) in [5.74, 6) is 0.816. The standard InChI is InChI=1S/C11H19NO/c1-5-9-7-11(13)12(4)10(9)6-8(2)3/h7-8,10H,5-6H2,1-4H3. The Bertz CT molecular complexity index is 230. The van der Waals surface area contributed by atoms with Crippen LogP contribution in [0.4, 0.5) is 0 Å². The number of rotatable bonds is 3. The third-order valence-electron chi connectivity index (χ3n) is 2.65. The van der Waals surface area contributed by atoms with E-state index in [1.54, 1.807) is 6.08 Å². The highest BCUT2D eigenvalue weighted by Crippen LogP contribution is 2.25. The summed E-state index contributed by atoms with van der Waals surface area (Å²) in [6.07, 6.45) is 3.88. The van der Waals surface area contributed by atoms with E-state index in [0.29, 0.717) is 12.0 Å². The zero-order valence-electron chi connectivity index (χ0n) is 9.00. The van der Waals surface area contributed by atoms with Crippen LogP contribution in [0.5, 0.6) is 0 Å². The lowest BCUT2D eigenvalue weighted by Crippen LogP contribution is -2.32. The maximum atomic E-state index is 11.4. The predicted molar refractivity (Wildman–Crippen MR) is 54.4 cm³/mol. The Kier molecular flexibility index (Phi) is 3.12. The van der Waals surface area contributed by atoms with Crippen molar-refractivity contribution in [2.45, 2.75) is 39.7 Å². The number of hydrogen-bond acceptors (Lipinski definition) is 1. The summed E-state index contributed by atoms with van der Waals surface area (Å²) < 4.78 is 0. The largest absolute Gasteiger partial charge is 0.335 e. The van der Waals surface area contributed by atoms with Crippen molar-refractivity contribution in [3.63, 3.8) is 0 Å². The van der Waals surface area contributed by atoms with Crippen LogP contribution < -0.4 is 0 Å². The average molecular weight is 181 g/mol. The molecule has 1 amide bonds. The molecule has 2 heteroatoms. The molecule has 1 heterocycles. The summed E-state index contributed by atoms with van der Waals surface area (Å²) in [7, 11) is 1.90. The Balaban J connectivity index is 2.71. The molecule has 0 saturated carbocycles. The molecule has 0 saturated heterocycles. The highest BCUT2D eigenvalue weighted by molar-refractivity contribution is 5.91. The third kappa shape index (κ3) is 2.11. The minimum atomic E-state index is 0.169. The molecule has 0 aliphatic carbocycles. The fraction of sp³-hybridized carbons (Fsp3) is 0.727. The fourth-order valence-electron chi connectivity index (χ4n) is 1.85. The number of nitrogens with zero attached hydrogens (tertiary/aromatic N) is 1. The fourth-order valence-corrected chi connectivity index (χ4v) is 1.85. The van der Waals surface area contributed by atoms with E-state index in [2.05, 4.69) is 20.8 Å². The lowest BCUT2D eigenvalue weighted by molar-refractivity contribution is -0.124. The minimum Gasteiger partial charge on any atom is -0.335 e. The number of hydrogen-bond donors (Lipinski definition) is 0. The maximum absolute atomic E-state index is 11.4. The first-order valence-corrected chi connectivity index (χ1v) is 5.03. The van der Waals surface area contributed by atoms with Gasteiger partial charge in [-0.2, -0.15) is 0 Å². The second kappa shape index (κ2) is 3.95. The van der Waals surface area contributed by atoms with Crippen molar-refractivity contribution in [1.29, 1.82) is 0 Å². The second-order valence-corrected chi connectivity index (χ2v) is 4.17. The molecule has 1 atom stereocenters. The van der Waals surface area contributed by atoms with Crippen molar-refractivity contribution < 1.29 is 4.79 Å². The van der Waals surface area contributed by atoms with E-state index < -0.39 is 0 Å². The molecule has 1 aliphatic heterocycles. The summed E-state index contributed by atoms with van der Waals surface area (Å²) in [4.78, 5) is 13.2. The molecular formula is C11H19NO. The van der Waals surface area contributed by atoms with E-state index in [1.807, 2.05) is 11.9 Å². The van der Waals surface area contributed by atoms with E-state index in [0.717, 1.165) is 12.8 Å². The topological polar surface area (TPSA) is 20.3 Å². The molecule has 0 aromatic carbocycles. The minimum absolute atomic E-state index is 0.169. The van der Waals surface area contributed by atoms with Gasteiger partial charge in [0.15, 0.2) is 0 Å². The average Bonchev–Trinajstić information content (AvgIpc) is 2.31. The molecule has 74 valence electrons. The molecule has 13 heavy (non-hydrogen) atoms. The third-order valence-corrected chi connectivity index (χ3v) is 2.65. The van der Waals surface area contributed by atoms with Gasteiger partial charge < -0.3 is 4.90 Å². The first-order valence-electron chi connectivity index (χ1n) is 5.03. The number of likely N-dealkylation sites (N-methyl/N-ethyl adjacent to an activating group) is 1. The van der Waals surface area contributed by atoms with Crippen LogP contribution in [0.3, 0.4) is 0 Å². The Morgan fingerprint density at radius 2 is 2.15 bits per heavy atom. The van der Waals surface area contributed by atoms with Gasteiger partial charge in [0.2, 0.25) is 5.91 Å². The van der Waals surface area contributed by atoms with Crippen LogP contribution in [0, 0.1) is 5.92 Å². The lowest BCUT2D eigenvalue weighted by Gasteiger charge is -2.24. The van der Waals surface area contributed by atoms with Gasteiger partial charge in [0.25, 0.3) is 0 Å². The monoisotopic (exact) mass is 181 g/mol. The summed E-state index contributed by atoms with van der Waals surface area (Å²) in [5, 5.41) is 0. The van der Waals surface area contributed by atoms with E-state index in [4.69, 9.17) is 0 Å². The van der Waals surface area contributed by atoms with E-state index in [-0.39, 0.29) is 5.91 Å². The van der Waals surface area contributed by atoms with Crippen molar-refractivity contribution in [3.8, 4) is 0 Å². The molecular weight excluding hydrogens is 162 g/mol. The van der Waals surface area contributed by atoms with E-state index in [9.17, 15) is 4.79 Å². The van der Waals surface area contributed by atoms with Crippen molar-refractivity contribution in [1.82, 2.24) is 4.90 Å². The second-order valence-electron chi connectivity index (χ2n) is 4.17. The van der Waals surface area contributed by atoms with Gasteiger partial charge in [0.05, 0.1) is 6.04 Å². The highest BCUT2D eigenvalue weighted by Gasteiger charge is 2.28. The van der Waals surface area contributed by atoms with Crippen LogP contribution in [-0.4, -0.2) is 23.9 Å². The van der Waals surface area contributed by atoms with E-state index in [1.165, 1.54) is 5.57 Å². The molecule has 2 nitrogen and oxygen atoms in total. The lowest BCUT2D eigenvalue weighted by atomic mass is 9.97. The van der Waals surface area contributed by atoms with Gasteiger partial charge in [0.1, 0.15) is 0 Å². The van der Waals surface area contributed by atoms with Gasteiger partial charge in [-0.05, 0) is 24.3 Å². The van der Waals surface area contributed by atoms with Crippen LogP contribution in [0.2, 0.25) is 0 Å². The summed E-state index contributed by atoms with van der Waals surface area (Å²) in [6.45, 7) is 6.51. The Morgan fingerprint density at radius 3 is 2.62 bits per heavy atom. The van der Waals surface area contributed by atoms with Crippen LogP contribution in [0.25, 0.3) is 0 Å². The van der Waals surface area contributed by atoms with Crippen LogP contribution in [0.15, 0.2) is 11.6 Å². The van der Waals surface area contributed by atoms with Crippen LogP contribution in [-0.2, 0) is 4.79 Å². The molecule has 0 N–H and O–H groups in total. The zero-order valence-corrected chi connectivity index (χ0v) is 9.00. The molecule has 0 aromatic heterocycles. The van der Waals surface area contributed by atoms with Gasteiger partial charge in [0, 0.05) is 13.1 Å². The first kappa shape index (κ1) is 10.3. The molecule has 1 aliphatic rings. The van der Waals surface area contributed by atoms with Crippen LogP contribution >= 0.6 is 0 Å². The molecule has 0 radical (unpaired) electrons. The smallest absolute Gasteiger partial charge is 0.246 e. The molecule has 1 unspecified atom stereocenters. The SMILES string of the molecule is CCC1=CC(=O)N(C)C1CC(C)C. The number of amides is 1. The molecule has 0 bridgehead atoms. The van der Waals surface area contributed by atoms with Crippen molar-refractivity contribution in [2.24, 2.45) is 5.92 Å². The molecule has 0 aromatic rings. The summed E-state index contributed by atoms with van der Waals surface area (Å²) in [5.41, 5.74) is 1.29. The zero-order chi connectivity index (χ0) is 10.0. The van der Waals surface area contributed by atoms with Gasteiger partial charge in [-0.25, -0.2) is 0 Å². The first-order chi connectivity index (χ1) is 6.06. The quantitative estimate of drug-likeness (QED) is 0.653. The normalized spacial score (nSPS) is 22.8. The summed E-state index contributed by atoms with van der Waals surface area (Å²) >= 11 is 0. The van der Waals surface area contributed by atoms with Gasteiger partial charge in [-0.15, -0.1) is 0 Å². The molecule has 0 fully saturated rings. The van der Waals surface area contributed by atoms with Crippen molar-refractivity contribution >= 4 is 5.91 Å². The Labute approximate surface area is 80.6 Å². The van der Waals surface area contributed by atoms with Crippen molar-refractivity contribution in [2.75, 3.05) is 7.05 Å². The van der Waals surface area contributed by atoms with Crippen molar-refractivity contribution in [3.05, 3.63) is 11.6 Å². The number of carbonyl (C=O) groups is 1. The number of carbonyl (C=O) groups excluding carboxylic acids is 1.